The fourth-order valence-electron chi connectivity index (χ4n) is 2.33. The van der Waals surface area contributed by atoms with Crippen LogP contribution in [0.5, 0.6) is 0 Å². The number of carbonyl (C=O) groups is 2. The van der Waals surface area contributed by atoms with E-state index in [0.29, 0.717) is 17.4 Å². The van der Waals surface area contributed by atoms with Crippen molar-refractivity contribution in [1.82, 2.24) is 4.90 Å². The van der Waals surface area contributed by atoms with Crippen LogP contribution in [-0.2, 0) is 4.79 Å². The van der Waals surface area contributed by atoms with Crippen LogP contribution in [0, 0.1) is 11.7 Å². The van der Waals surface area contributed by atoms with Gasteiger partial charge in [0.1, 0.15) is 11.9 Å². The highest BCUT2D eigenvalue weighted by Gasteiger charge is 2.39. The highest BCUT2D eigenvalue weighted by atomic mass is 79.9. The number of carboxylic acid groups (broad SMARTS) is 1. The van der Waals surface area contributed by atoms with Gasteiger partial charge < -0.3 is 15.3 Å². The highest BCUT2D eigenvalue weighted by Crippen LogP contribution is 2.27. The zero-order valence-corrected chi connectivity index (χ0v) is 12.4. The van der Waals surface area contributed by atoms with Gasteiger partial charge >= 0.3 is 12.0 Å². The molecule has 2 N–H and O–H groups in total. The first kappa shape index (κ1) is 14.8. The number of aliphatic carboxylic acids is 1. The molecule has 7 heteroatoms. The van der Waals surface area contributed by atoms with E-state index in [1.54, 1.807) is 6.92 Å². The number of likely N-dealkylation sites (tertiary alicyclic amines) is 1. The molecule has 0 aromatic heterocycles. The van der Waals surface area contributed by atoms with Gasteiger partial charge in [-0.3, -0.25) is 0 Å². The van der Waals surface area contributed by atoms with Gasteiger partial charge in [0.25, 0.3) is 0 Å². The first-order chi connectivity index (χ1) is 9.40. The normalized spacial score (nSPS) is 21.9. The third-order valence-electron chi connectivity index (χ3n) is 3.38. The van der Waals surface area contributed by atoms with Gasteiger partial charge in [0.15, 0.2) is 0 Å². The largest absolute Gasteiger partial charge is 0.480 e. The van der Waals surface area contributed by atoms with Crippen molar-refractivity contribution in [1.29, 1.82) is 0 Å². The molecule has 1 fully saturated rings. The number of amides is 2. The highest BCUT2D eigenvalue weighted by molar-refractivity contribution is 9.10. The number of halogens is 2. The summed E-state index contributed by atoms with van der Waals surface area (Å²) in [5.41, 5.74) is 0.277. The van der Waals surface area contributed by atoms with Crippen molar-refractivity contribution >= 4 is 33.6 Å². The Labute approximate surface area is 123 Å². The molecule has 0 bridgehead atoms. The van der Waals surface area contributed by atoms with Crippen molar-refractivity contribution in [2.24, 2.45) is 5.92 Å². The average molecular weight is 345 g/mol. The molecule has 20 heavy (non-hydrogen) atoms. The average Bonchev–Trinajstić information content (AvgIpc) is 2.76. The number of urea groups is 1. The molecule has 1 aromatic carbocycles. The standard InChI is InChI=1S/C13H14BrFN2O3/c1-7-4-5-17(11(7)12(18)19)13(20)16-10-6-8(15)2-3-9(10)14/h2-3,6-7,11H,4-5H2,1H3,(H,16,20)(H,18,19). The van der Waals surface area contributed by atoms with Gasteiger partial charge in [0, 0.05) is 11.0 Å². The first-order valence-electron chi connectivity index (χ1n) is 6.15. The predicted octanol–water partition coefficient (Wildman–Crippen LogP) is 2.92. The molecule has 1 aliphatic rings. The van der Waals surface area contributed by atoms with E-state index in [0.717, 1.165) is 0 Å². The maximum absolute atomic E-state index is 13.2. The predicted molar refractivity (Wildman–Crippen MR) is 75.0 cm³/mol. The number of hydrogen-bond acceptors (Lipinski definition) is 2. The van der Waals surface area contributed by atoms with Crippen molar-refractivity contribution in [2.45, 2.75) is 19.4 Å². The third kappa shape index (κ3) is 2.92. The number of carboxylic acids is 1. The van der Waals surface area contributed by atoms with Crippen molar-refractivity contribution < 1.29 is 19.1 Å². The summed E-state index contributed by atoms with van der Waals surface area (Å²) in [6, 6.07) is 2.54. The summed E-state index contributed by atoms with van der Waals surface area (Å²) in [5, 5.41) is 11.7. The molecule has 0 saturated carbocycles. The molecule has 1 saturated heterocycles. The Morgan fingerprint density at radius 2 is 2.20 bits per heavy atom. The molecular weight excluding hydrogens is 331 g/mol. The SMILES string of the molecule is CC1CCN(C(=O)Nc2cc(F)ccc2Br)C1C(=O)O. The van der Waals surface area contributed by atoms with Crippen molar-refractivity contribution in [2.75, 3.05) is 11.9 Å². The lowest BCUT2D eigenvalue weighted by molar-refractivity contribution is -0.142. The summed E-state index contributed by atoms with van der Waals surface area (Å²) in [4.78, 5) is 24.6. The Hall–Kier alpha value is -1.63. The van der Waals surface area contributed by atoms with Crippen LogP contribution in [0.15, 0.2) is 22.7 Å². The maximum Gasteiger partial charge on any atom is 0.326 e. The Kier molecular flexibility index (Phi) is 4.27. The zero-order valence-electron chi connectivity index (χ0n) is 10.8. The minimum atomic E-state index is -1.02. The number of rotatable bonds is 2. The van der Waals surface area contributed by atoms with Crippen LogP contribution in [-0.4, -0.2) is 34.6 Å². The second-order valence-electron chi connectivity index (χ2n) is 4.80. The van der Waals surface area contributed by atoms with Gasteiger partial charge in [-0.25, -0.2) is 14.0 Å². The second kappa shape index (κ2) is 5.78. The minimum Gasteiger partial charge on any atom is -0.480 e. The van der Waals surface area contributed by atoms with Gasteiger partial charge in [-0.05, 0) is 46.5 Å². The topological polar surface area (TPSA) is 69.6 Å². The van der Waals surface area contributed by atoms with Crippen molar-refractivity contribution in [3.05, 3.63) is 28.5 Å². The molecule has 2 rings (SSSR count). The molecule has 108 valence electrons. The summed E-state index contributed by atoms with van der Waals surface area (Å²) >= 11 is 3.21. The van der Waals surface area contributed by atoms with E-state index >= 15 is 0 Å². The van der Waals surface area contributed by atoms with Crippen LogP contribution in [0.3, 0.4) is 0 Å². The minimum absolute atomic E-state index is 0.103. The van der Waals surface area contributed by atoms with Crippen LogP contribution in [0.25, 0.3) is 0 Å². The van der Waals surface area contributed by atoms with E-state index in [-0.39, 0.29) is 11.6 Å². The molecule has 2 amide bonds. The molecule has 0 spiro atoms. The smallest absolute Gasteiger partial charge is 0.326 e. The summed E-state index contributed by atoms with van der Waals surface area (Å²) in [5.74, 6) is -1.61. The molecule has 0 aliphatic carbocycles. The van der Waals surface area contributed by atoms with Crippen LogP contribution in [0.2, 0.25) is 0 Å². The van der Waals surface area contributed by atoms with Gasteiger partial charge in [0.2, 0.25) is 0 Å². The number of carbonyl (C=O) groups excluding carboxylic acids is 1. The summed E-state index contributed by atoms with van der Waals surface area (Å²) in [6.07, 6.45) is 0.634. The Balaban J connectivity index is 2.16. The van der Waals surface area contributed by atoms with Crippen LogP contribution < -0.4 is 5.32 Å². The molecule has 1 aliphatic heterocycles. The number of hydrogen-bond donors (Lipinski definition) is 2. The summed E-state index contributed by atoms with van der Waals surface area (Å²) in [7, 11) is 0. The lowest BCUT2D eigenvalue weighted by Crippen LogP contribution is -2.44. The lowest BCUT2D eigenvalue weighted by atomic mass is 10.0. The van der Waals surface area contributed by atoms with Crippen LogP contribution in [0.4, 0.5) is 14.9 Å². The summed E-state index contributed by atoms with van der Waals surface area (Å²) in [6.45, 7) is 2.17. The van der Waals surface area contributed by atoms with Gasteiger partial charge in [-0.15, -0.1) is 0 Å². The van der Waals surface area contributed by atoms with E-state index in [1.165, 1.54) is 23.1 Å². The zero-order chi connectivity index (χ0) is 14.9. The van der Waals surface area contributed by atoms with Gasteiger partial charge in [0.05, 0.1) is 5.69 Å². The van der Waals surface area contributed by atoms with E-state index in [9.17, 15) is 19.1 Å². The Morgan fingerprint density at radius 1 is 1.50 bits per heavy atom. The molecule has 5 nitrogen and oxygen atoms in total. The van der Waals surface area contributed by atoms with Crippen LogP contribution >= 0.6 is 15.9 Å². The fraction of sp³-hybridized carbons (Fsp3) is 0.385. The maximum atomic E-state index is 13.2. The number of benzene rings is 1. The summed E-state index contributed by atoms with van der Waals surface area (Å²) < 4.78 is 13.7. The van der Waals surface area contributed by atoms with Crippen molar-refractivity contribution in [3.63, 3.8) is 0 Å². The van der Waals surface area contributed by atoms with E-state index < -0.39 is 23.9 Å². The fourth-order valence-corrected chi connectivity index (χ4v) is 2.68. The monoisotopic (exact) mass is 344 g/mol. The van der Waals surface area contributed by atoms with Gasteiger partial charge in [-0.2, -0.15) is 0 Å². The first-order valence-corrected chi connectivity index (χ1v) is 6.95. The molecular formula is C13H14BrFN2O3. The molecule has 2 atom stereocenters. The third-order valence-corrected chi connectivity index (χ3v) is 4.08. The number of anilines is 1. The Bertz CT molecular complexity index is 552. The quantitative estimate of drug-likeness (QED) is 0.866. The molecule has 1 aromatic rings. The number of nitrogens with zero attached hydrogens (tertiary/aromatic N) is 1. The molecule has 1 heterocycles. The molecule has 0 radical (unpaired) electrons. The Morgan fingerprint density at radius 3 is 2.85 bits per heavy atom. The lowest BCUT2D eigenvalue weighted by Gasteiger charge is -2.23. The van der Waals surface area contributed by atoms with E-state index in [2.05, 4.69) is 21.2 Å². The van der Waals surface area contributed by atoms with E-state index in [1.807, 2.05) is 0 Å². The number of nitrogens with one attached hydrogen (secondary N) is 1. The molecule has 2 unspecified atom stereocenters. The van der Waals surface area contributed by atoms with Crippen molar-refractivity contribution in [3.8, 4) is 0 Å². The second-order valence-corrected chi connectivity index (χ2v) is 5.65. The van der Waals surface area contributed by atoms with Crippen LogP contribution in [0.1, 0.15) is 13.3 Å². The van der Waals surface area contributed by atoms with Gasteiger partial charge in [-0.1, -0.05) is 6.92 Å². The van der Waals surface area contributed by atoms with E-state index in [4.69, 9.17) is 0 Å².